The van der Waals surface area contributed by atoms with Crippen molar-refractivity contribution in [1.82, 2.24) is 0 Å². The van der Waals surface area contributed by atoms with Gasteiger partial charge in [0, 0.05) is 18.8 Å². The average molecular weight is 924 g/mol. The van der Waals surface area contributed by atoms with Crippen LogP contribution in [-0.2, 0) is 39.3 Å². The molecule has 0 amide bonds. The Morgan fingerprint density at radius 1 is 0.817 bits per heavy atom. The molecule has 8 atom stereocenters. The fourth-order valence-corrected chi connectivity index (χ4v) is 15.4. The number of aryl methyl sites for hydroxylation is 1. The van der Waals surface area contributed by atoms with E-state index in [1.165, 1.54) is 29.9 Å². The molecule has 4 saturated heterocycles. The molecule has 0 bridgehead atoms. The van der Waals surface area contributed by atoms with Gasteiger partial charge in [-0.15, -0.1) is 23.5 Å². The van der Waals surface area contributed by atoms with Crippen molar-refractivity contribution < 1.29 is 31.5 Å². The highest BCUT2D eigenvalue weighted by Gasteiger charge is 2.45. The first-order valence-electron chi connectivity index (χ1n) is 23.1. The summed E-state index contributed by atoms with van der Waals surface area (Å²) < 4.78 is 63.3. The van der Waals surface area contributed by atoms with Crippen LogP contribution in [0.2, 0.25) is 36.3 Å². The number of hydrogen-bond acceptors (Lipinski definition) is 9. The zero-order chi connectivity index (χ0) is 44.1. The van der Waals surface area contributed by atoms with Crippen molar-refractivity contribution in [3.8, 4) is 0 Å². The summed E-state index contributed by atoms with van der Waals surface area (Å²) in [6.45, 7) is 34.3. The third kappa shape index (κ3) is 14.0. The number of sulfone groups is 1. The third-order valence-corrected chi connectivity index (χ3v) is 28.5. The van der Waals surface area contributed by atoms with Crippen LogP contribution in [-0.4, -0.2) is 96.2 Å². The lowest BCUT2D eigenvalue weighted by atomic mass is 9.89. The van der Waals surface area contributed by atoms with Crippen LogP contribution in [0.1, 0.15) is 125 Å². The highest BCUT2D eigenvalue weighted by molar-refractivity contribution is 8.17. The first kappa shape index (κ1) is 50.6. The smallest absolute Gasteiger partial charge is 0.192 e. The van der Waals surface area contributed by atoms with Crippen molar-refractivity contribution in [3.05, 3.63) is 54.1 Å². The van der Waals surface area contributed by atoms with Crippen LogP contribution in [0.4, 0.5) is 0 Å². The van der Waals surface area contributed by atoms with Crippen molar-refractivity contribution in [1.29, 1.82) is 0 Å². The zero-order valence-corrected chi connectivity index (χ0v) is 43.8. The van der Waals surface area contributed by atoms with Gasteiger partial charge in [-0.3, -0.25) is 0 Å². The van der Waals surface area contributed by atoms with E-state index < -0.39 is 26.5 Å². The standard InChI is InChI=1S/C48H82O7S3Si2/c1-14-36-17-22-42(23-18-36)58(49,50)33-37-29-40(30-41(55-60(12,13)48(7,8)9)32-51-59(10,11)47(4,5)6)54-45(37)31-44-34(2)16-19-38(52-44)20-24-43-35(3)28-39(53-43)21-25-46-56-26-15-27-57-46/h17-18,22-23,37-41,43-46H,2-3,14-16,19-21,24-33H2,1,4-13H3/t37?,38-,39+,40+,41?,43+,44-,45+/m1/s1. The second-order valence-corrected chi connectivity index (χ2v) is 35.9. The lowest BCUT2D eigenvalue weighted by molar-refractivity contribution is -0.0672. The molecule has 0 aliphatic carbocycles. The molecule has 0 N–H and O–H groups in total. The van der Waals surface area contributed by atoms with E-state index in [0.29, 0.717) is 35.3 Å². The van der Waals surface area contributed by atoms with Crippen molar-refractivity contribution in [3.63, 3.8) is 0 Å². The first-order valence-corrected chi connectivity index (χ1v) is 32.7. The van der Waals surface area contributed by atoms with E-state index in [1.807, 2.05) is 12.1 Å². The van der Waals surface area contributed by atoms with Crippen molar-refractivity contribution in [2.75, 3.05) is 23.9 Å². The summed E-state index contributed by atoms with van der Waals surface area (Å²) in [7, 11) is -7.77. The molecule has 60 heavy (non-hydrogen) atoms. The molecule has 4 fully saturated rings. The Morgan fingerprint density at radius 2 is 1.45 bits per heavy atom. The normalized spacial score (nSPS) is 28.4. The SMILES string of the molecule is C=C1C[C@H](CCC2SCCCS2)O[C@H]1CC[C@H]1CCC(=C)[C@@H](C[C@@H]2O[C@H](CC(CO[Si](C)(C)C(C)(C)C)O[Si](C)(C)C(C)(C)C)CC2CS(=O)(=O)c2ccc(CC)cc2)O1. The van der Waals surface area contributed by atoms with Crippen LogP contribution >= 0.6 is 23.5 Å². The van der Waals surface area contributed by atoms with E-state index in [9.17, 15) is 8.42 Å². The third-order valence-electron chi connectivity index (χ3n) is 14.5. The summed E-state index contributed by atoms with van der Waals surface area (Å²) >= 11 is 4.23. The van der Waals surface area contributed by atoms with Gasteiger partial charge in [0.15, 0.2) is 26.5 Å². The van der Waals surface area contributed by atoms with Crippen molar-refractivity contribution in [2.45, 2.75) is 214 Å². The maximum atomic E-state index is 14.1. The molecular formula is C48H82O7S3Si2. The highest BCUT2D eigenvalue weighted by atomic mass is 32.2. The number of rotatable bonds is 19. The van der Waals surface area contributed by atoms with Crippen LogP contribution in [0.5, 0.6) is 0 Å². The van der Waals surface area contributed by atoms with E-state index in [-0.39, 0.29) is 64.5 Å². The molecular weight excluding hydrogens is 841 g/mol. The minimum absolute atomic E-state index is 0.0340. The summed E-state index contributed by atoms with van der Waals surface area (Å²) in [5, 5.41) is 0.109. The summed E-state index contributed by atoms with van der Waals surface area (Å²) in [4.78, 5) is 0.381. The number of ether oxygens (including phenoxy) is 3. The quantitative estimate of drug-likeness (QED) is 0.0995. The lowest BCUT2D eigenvalue weighted by Crippen LogP contribution is -2.48. The van der Waals surface area contributed by atoms with E-state index >= 15 is 0 Å². The van der Waals surface area contributed by atoms with Crippen LogP contribution in [0.25, 0.3) is 0 Å². The van der Waals surface area contributed by atoms with Crippen molar-refractivity contribution >= 4 is 50.0 Å². The minimum Gasteiger partial charge on any atom is -0.414 e. The van der Waals surface area contributed by atoms with E-state index in [4.69, 9.17) is 23.1 Å². The second-order valence-electron chi connectivity index (χ2n) is 21.3. The zero-order valence-electron chi connectivity index (χ0n) is 39.3. The largest absolute Gasteiger partial charge is 0.414 e. The predicted molar refractivity (Wildman–Crippen MR) is 260 cm³/mol. The fraction of sp³-hybridized carbons (Fsp3) is 0.792. The van der Waals surface area contributed by atoms with E-state index in [1.54, 1.807) is 12.1 Å². The molecule has 1 aromatic carbocycles. The molecule has 1 aromatic rings. The summed E-state index contributed by atoms with van der Waals surface area (Å²) in [6, 6.07) is 7.42. The van der Waals surface area contributed by atoms with Crippen molar-refractivity contribution in [2.24, 2.45) is 5.92 Å². The van der Waals surface area contributed by atoms with Crippen LogP contribution in [0, 0.1) is 5.92 Å². The van der Waals surface area contributed by atoms with Crippen LogP contribution in [0.15, 0.2) is 53.5 Å². The first-order chi connectivity index (χ1) is 28.0. The highest BCUT2D eigenvalue weighted by Crippen LogP contribution is 2.43. The molecule has 342 valence electrons. The van der Waals surface area contributed by atoms with Gasteiger partial charge in [0.25, 0.3) is 0 Å². The number of hydrogen-bond donors (Lipinski definition) is 0. The molecule has 4 aliphatic rings. The fourth-order valence-electron chi connectivity index (χ4n) is 8.50. The van der Waals surface area contributed by atoms with Gasteiger partial charge in [-0.05, 0) is 141 Å². The Kier molecular flexibility index (Phi) is 17.9. The predicted octanol–water partition coefficient (Wildman–Crippen LogP) is 12.6. The molecule has 4 heterocycles. The summed E-state index contributed by atoms with van der Waals surface area (Å²) in [5.74, 6) is 2.42. The Hall–Kier alpha value is -0.416. The molecule has 0 saturated carbocycles. The molecule has 0 radical (unpaired) electrons. The van der Waals surface area contributed by atoms with Gasteiger partial charge in [-0.1, -0.05) is 73.8 Å². The maximum absolute atomic E-state index is 14.1. The summed E-state index contributed by atoms with van der Waals surface area (Å²) in [6.07, 6.45) is 10.8. The maximum Gasteiger partial charge on any atom is 0.192 e. The van der Waals surface area contributed by atoms with E-state index in [2.05, 4.69) is 111 Å². The number of benzene rings is 1. The topological polar surface area (TPSA) is 80.3 Å². The van der Waals surface area contributed by atoms with Gasteiger partial charge in [0.1, 0.15) is 0 Å². The molecule has 0 aromatic heterocycles. The Morgan fingerprint density at radius 3 is 2.08 bits per heavy atom. The average Bonchev–Trinajstić information content (AvgIpc) is 3.72. The Bertz CT molecular complexity index is 1660. The molecule has 0 spiro atoms. The van der Waals surface area contributed by atoms with Gasteiger partial charge in [-0.25, -0.2) is 8.42 Å². The Balaban J connectivity index is 1.27. The molecule has 12 heteroatoms. The Labute approximate surface area is 377 Å². The lowest BCUT2D eigenvalue weighted by Gasteiger charge is -2.42. The molecule has 5 rings (SSSR count). The molecule has 4 aliphatic heterocycles. The molecule has 7 nitrogen and oxygen atoms in total. The van der Waals surface area contributed by atoms with Gasteiger partial charge in [0.05, 0.1) is 64.6 Å². The van der Waals surface area contributed by atoms with Gasteiger partial charge >= 0.3 is 0 Å². The summed E-state index contributed by atoms with van der Waals surface area (Å²) in [5.41, 5.74) is 3.44. The minimum atomic E-state index is -3.56. The number of thioether (sulfide) groups is 2. The van der Waals surface area contributed by atoms with Gasteiger partial charge < -0.3 is 23.1 Å². The van der Waals surface area contributed by atoms with Gasteiger partial charge in [0.2, 0.25) is 0 Å². The van der Waals surface area contributed by atoms with Crippen LogP contribution in [0.3, 0.4) is 0 Å². The monoisotopic (exact) mass is 922 g/mol. The van der Waals surface area contributed by atoms with Gasteiger partial charge in [-0.2, -0.15) is 0 Å². The molecule has 2 unspecified atom stereocenters. The van der Waals surface area contributed by atoms with Crippen LogP contribution < -0.4 is 0 Å². The second kappa shape index (κ2) is 21.3. The van der Waals surface area contributed by atoms with E-state index in [0.717, 1.165) is 56.1 Å².